The second-order valence-electron chi connectivity index (χ2n) is 3.91. The van der Waals surface area contributed by atoms with Gasteiger partial charge in [0.15, 0.2) is 0 Å². The molecule has 0 amide bonds. The summed E-state index contributed by atoms with van der Waals surface area (Å²) in [6.45, 7) is 7.08. The maximum atomic E-state index is 2.47. The van der Waals surface area contributed by atoms with Crippen molar-refractivity contribution < 1.29 is 0 Å². The van der Waals surface area contributed by atoms with Crippen LogP contribution in [0.15, 0.2) is 0 Å². The molecule has 12 heavy (non-hydrogen) atoms. The van der Waals surface area contributed by atoms with Gasteiger partial charge in [-0.2, -0.15) is 0 Å². The molecule has 0 aliphatic rings. The molecular formula is C11H26Si. The van der Waals surface area contributed by atoms with Crippen molar-refractivity contribution in [2.75, 3.05) is 0 Å². The topological polar surface area (TPSA) is 0 Å². The number of hydrogen-bond acceptors (Lipinski definition) is 0. The third kappa shape index (κ3) is 6.90. The van der Waals surface area contributed by atoms with Gasteiger partial charge >= 0.3 is 0 Å². The van der Waals surface area contributed by atoms with Gasteiger partial charge in [-0.3, -0.25) is 0 Å². The first-order valence-electron chi connectivity index (χ1n) is 5.85. The normalized spacial score (nSPS) is 14.2. The van der Waals surface area contributed by atoms with Crippen molar-refractivity contribution in [3.8, 4) is 0 Å². The van der Waals surface area contributed by atoms with E-state index in [9.17, 15) is 0 Å². The summed E-state index contributed by atoms with van der Waals surface area (Å²) in [6.07, 6.45) is 10.3. The molecule has 0 bridgehead atoms. The zero-order chi connectivity index (χ0) is 9.23. The van der Waals surface area contributed by atoms with E-state index in [0.717, 1.165) is 5.54 Å². The van der Waals surface area contributed by atoms with Crippen LogP contribution in [0, 0.1) is 0 Å². The van der Waals surface area contributed by atoms with Crippen molar-refractivity contribution in [2.45, 2.75) is 70.9 Å². The molecule has 0 aliphatic carbocycles. The summed E-state index contributed by atoms with van der Waals surface area (Å²) in [6, 6.07) is 0. The zero-order valence-electron chi connectivity index (χ0n) is 9.23. The van der Waals surface area contributed by atoms with E-state index in [2.05, 4.69) is 20.4 Å². The molecule has 1 unspecified atom stereocenters. The van der Waals surface area contributed by atoms with Crippen molar-refractivity contribution in [3.63, 3.8) is 0 Å². The minimum absolute atomic E-state index is 0.283. The van der Waals surface area contributed by atoms with Crippen LogP contribution in [0.4, 0.5) is 0 Å². The monoisotopic (exact) mass is 186 g/mol. The number of unbranched alkanes of at least 4 members (excludes halogenated alkanes) is 3. The van der Waals surface area contributed by atoms with Crippen molar-refractivity contribution in [2.24, 2.45) is 0 Å². The van der Waals surface area contributed by atoms with Gasteiger partial charge in [0, 0.05) is 9.52 Å². The molecule has 74 valence electrons. The summed E-state index contributed by atoms with van der Waals surface area (Å²) < 4.78 is 0. The average Bonchev–Trinajstić information content (AvgIpc) is 2.10. The SMILES string of the molecule is CCCCCCC(CCC)[SiH2]C. The maximum Gasteiger partial charge on any atom is 0.0201 e. The van der Waals surface area contributed by atoms with Crippen LogP contribution in [0.2, 0.25) is 12.1 Å². The highest BCUT2D eigenvalue weighted by molar-refractivity contribution is 6.35. The average molecular weight is 186 g/mol. The van der Waals surface area contributed by atoms with Gasteiger partial charge in [0.05, 0.1) is 0 Å². The lowest BCUT2D eigenvalue weighted by molar-refractivity contribution is 0.582. The largest absolute Gasteiger partial charge is 0.0746 e. The Bertz CT molecular complexity index is 81.1. The molecule has 0 saturated carbocycles. The van der Waals surface area contributed by atoms with Crippen LogP contribution in [-0.2, 0) is 0 Å². The molecule has 0 aromatic rings. The van der Waals surface area contributed by atoms with Crippen LogP contribution >= 0.6 is 0 Å². The lowest BCUT2D eigenvalue weighted by Gasteiger charge is -2.12. The zero-order valence-corrected chi connectivity index (χ0v) is 10.6. The molecule has 0 saturated heterocycles. The molecule has 0 nitrogen and oxygen atoms in total. The summed E-state index contributed by atoms with van der Waals surface area (Å²) in [4.78, 5) is 0. The van der Waals surface area contributed by atoms with Gasteiger partial charge in [0.1, 0.15) is 0 Å². The van der Waals surface area contributed by atoms with Crippen molar-refractivity contribution >= 4 is 9.52 Å². The van der Waals surface area contributed by atoms with Crippen LogP contribution < -0.4 is 0 Å². The molecule has 0 fully saturated rings. The second-order valence-corrected chi connectivity index (χ2v) is 5.88. The number of rotatable bonds is 8. The fourth-order valence-corrected chi connectivity index (χ4v) is 3.33. The van der Waals surface area contributed by atoms with Gasteiger partial charge in [-0.15, -0.1) is 0 Å². The quantitative estimate of drug-likeness (QED) is 0.400. The van der Waals surface area contributed by atoms with E-state index in [1.165, 1.54) is 44.9 Å². The first-order valence-corrected chi connectivity index (χ1v) is 8.08. The molecule has 1 heteroatoms. The van der Waals surface area contributed by atoms with Gasteiger partial charge in [0.2, 0.25) is 0 Å². The van der Waals surface area contributed by atoms with E-state index in [0.29, 0.717) is 0 Å². The Morgan fingerprint density at radius 3 is 2.17 bits per heavy atom. The van der Waals surface area contributed by atoms with E-state index in [4.69, 9.17) is 0 Å². The molecule has 0 aliphatic heterocycles. The highest BCUT2D eigenvalue weighted by Gasteiger charge is 2.03. The van der Waals surface area contributed by atoms with E-state index in [-0.39, 0.29) is 9.52 Å². The third-order valence-electron chi connectivity index (χ3n) is 2.74. The van der Waals surface area contributed by atoms with Crippen molar-refractivity contribution in [3.05, 3.63) is 0 Å². The minimum Gasteiger partial charge on any atom is -0.0746 e. The summed E-state index contributed by atoms with van der Waals surface area (Å²) in [5.74, 6) is 0. The van der Waals surface area contributed by atoms with Crippen LogP contribution in [0.3, 0.4) is 0 Å². The molecule has 0 N–H and O–H groups in total. The van der Waals surface area contributed by atoms with E-state index in [1.54, 1.807) is 0 Å². The summed E-state index contributed by atoms with van der Waals surface area (Å²) in [7, 11) is 0.283. The fourth-order valence-electron chi connectivity index (χ4n) is 1.82. The third-order valence-corrected chi connectivity index (χ3v) is 4.71. The predicted octanol–water partition coefficient (Wildman–Crippen LogP) is 3.76. The van der Waals surface area contributed by atoms with E-state index >= 15 is 0 Å². The predicted molar refractivity (Wildman–Crippen MR) is 61.8 cm³/mol. The van der Waals surface area contributed by atoms with E-state index < -0.39 is 0 Å². The van der Waals surface area contributed by atoms with Crippen molar-refractivity contribution in [1.29, 1.82) is 0 Å². The van der Waals surface area contributed by atoms with Gasteiger partial charge < -0.3 is 0 Å². The molecular weight excluding hydrogens is 160 g/mol. The summed E-state index contributed by atoms with van der Waals surface area (Å²) in [5, 5.41) is 0. The first-order chi connectivity index (χ1) is 5.85. The molecule has 0 heterocycles. The van der Waals surface area contributed by atoms with Crippen molar-refractivity contribution in [1.82, 2.24) is 0 Å². The van der Waals surface area contributed by atoms with Gasteiger partial charge in [-0.05, 0) is 0 Å². The van der Waals surface area contributed by atoms with Crippen LogP contribution in [0.25, 0.3) is 0 Å². The molecule has 0 spiro atoms. The van der Waals surface area contributed by atoms with Gasteiger partial charge in [-0.25, -0.2) is 0 Å². The lowest BCUT2D eigenvalue weighted by atomic mass is 10.1. The fraction of sp³-hybridized carbons (Fsp3) is 1.00. The molecule has 0 aromatic heterocycles. The van der Waals surface area contributed by atoms with Gasteiger partial charge in [-0.1, -0.05) is 70.9 Å². The van der Waals surface area contributed by atoms with E-state index in [1.807, 2.05) is 0 Å². The highest BCUT2D eigenvalue weighted by Crippen LogP contribution is 2.20. The van der Waals surface area contributed by atoms with Crippen LogP contribution in [-0.4, -0.2) is 9.52 Å². The Hall–Kier alpha value is 0.217. The Morgan fingerprint density at radius 2 is 1.67 bits per heavy atom. The molecule has 0 rings (SSSR count). The van der Waals surface area contributed by atoms with Crippen LogP contribution in [0.1, 0.15) is 58.8 Å². The maximum absolute atomic E-state index is 2.47. The summed E-state index contributed by atoms with van der Waals surface area (Å²) in [5.41, 5.74) is 1.16. The van der Waals surface area contributed by atoms with Gasteiger partial charge in [0.25, 0.3) is 0 Å². The Kier molecular flexibility index (Phi) is 9.47. The highest BCUT2D eigenvalue weighted by atomic mass is 28.2. The first kappa shape index (κ1) is 12.2. The Morgan fingerprint density at radius 1 is 0.917 bits per heavy atom. The Balaban J connectivity index is 3.19. The standard InChI is InChI=1S/C11H26Si/c1-4-6-7-8-10-11(12-3)9-5-2/h11H,4-10,12H2,1-3H3. The molecule has 1 atom stereocenters. The summed E-state index contributed by atoms with van der Waals surface area (Å²) >= 11 is 0. The lowest BCUT2D eigenvalue weighted by Crippen LogP contribution is -1.99. The smallest absolute Gasteiger partial charge is 0.0201 e. The van der Waals surface area contributed by atoms with Crippen LogP contribution in [0.5, 0.6) is 0 Å². The second kappa shape index (κ2) is 9.31. The molecule has 0 aromatic carbocycles. The number of hydrogen-bond donors (Lipinski definition) is 0. The Labute approximate surface area is 81.0 Å². The minimum atomic E-state index is 0.283. The molecule has 0 radical (unpaired) electrons.